The number of rotatable bonds is 8. The van der Waals surface area contributed by atoms with Gasteiger partial charge in [-0.25, -0.2) is 0 Å². The highest BCUT2D eigenvalue weighted by Gasteiger charge is 2.39. The van der Waals surface area contributed by atoms with E-state index in [1.165, 1.54) is 12.7 Å². The monoisotopic (exact) mass is 493 g/mol. The molecular weight excluding hydrogens is 454 g/mol. The quantitative estimate of drug-likeness (QED) is 0.568. The minimum atomic E-state index is -0.294. The third-order valence-electron chi connectivity index (χ3n) is 7.81. The number of ether oxygens (including phenoxy) is 2. The van der Waals surface area contributed by atoms with Crippen molar-refractivity contribution in [3.8, 4) is 5.75 Å². The molecule has 194 valence electrons. The summed E-state index contributed by atoms with van der Waals surface area (Å²) in [7, 11) is 3.08. The van der Waals surface area contributed by atoms with Crippen molar-refractivity contribution in [2.45, 2.75) is 50.7 Å². The maximum atomic E-state index is 13.3. The van der Waals surface area contributed by atoms with Crippen LogP contribution in [-0.2, 0) is 20.9 Å². The van der Waals surface area contributed by atoms with Crippen LogP contribution in [0.5, 0.6) is 5.75 Å². The molecule has 1 saturated heterocycles. The van der Waals surface area contributed by atoms with Crippen LogP contribution in [0.1, 0.15) is 43.2 Å². The molecule has 0 spiro atoms. The zero-order valence-corrected chi connectivity index (χ0v) is 21.7. The molecule has 2 aromatic carbocycles. The van der Waals surface area contributed by atoms with E-state index >= 15 is 0 Å². The first-order valence-electron chi connectivity index (χ1n) is 13.0. The summed E-state index contributed by atoms with van der Waals surface area (Å²) in [5, 5.41) is 3.32. The third-order valence-corrected chi connectivity index (χ3v) is 7.81. The Hall–Kier alpha value is -2.90. The van der Waals surface area contributed by atoms with Gasteiger partial charge in [0.25, 0.3) is 0 Å². The molecule has 1 N–H and O–H groups in total. The predicted octanol–water partition coefficient (Wildman–Crippen LogP) is 3.44. The van der Waals surface area contributed by atoms with Crippen molar-refractivity contribution >= 4 is 11.9 Å². The molecule has 0 radical (unpaired) electrons. The van der Waals surface area contributed by atoms with E-state index in [1.54, 1.807) is 7.11 Å². The smallest absolute Gasteiger partial charge is 0.308 e. The zero-order valence-electron chi connectivity index (χ0n) is 21.7. The van der Waals surface area contributed by atoms with Crippen LogP contribution in [-0.4, -0.2) is 74.2 Å². The van der Waals surface area contributed by atoms with E-state index in [0.717, 1.165) is 56.9 Å². The van der Waals surface area contributed by atoms with Crippen LogP contribution in [0.4, 0.5) is 0 Å². The number of esters is 1. The second-order valence-electron chi connectivity index (χ2n) is 10.0. The van der Waals surface area contributed by atoms with Crippen molar-refractivity contribution in [2.75, 3.05) is 40.4 Å². The number of nitrogens with one attached hydrogen (secondary N) is 1. The maximum absolute atomic E-state index is 13.3. The summed E-state index contributed by atoms with van der Waals surface area (Å²) >= 11 is 0. The normalized spacial score (nSPS) is 24.0. The molecule has 4 rings (SSSR count). The molecule has 2 aromatic rings. The lowest BCUT2D eigenvalue weighted by Crippen LogP contribution is -2.59. The van der Waals surface area contributed by atoms with Crippen LogP contribution in [0.2, 0.25) is 0 Å². The first-order valence-corrected chi connectivity index (χ1v) is 13.0. The molecule has 1 aliphatic carbocycles. The Morgan fingerprint density at radius 3 is 2.31 bits per heavy atom. The number of nitrogens with zero attached hydrogens (tertiary/aromatic N) is 2. The van der Waals surface area contributed by atoms with E-state index in [-0.39, 0.29) is 35.8 Å². The lowest BCUT2D eigenvalue weighted by Gasteiger charge is -2.45. The van der Waals surface area contributed by atoms with Crippen LogP contribution in [0.15, 0.2) is 54.6 Å². The molecule has 1 heterocycles. The molecule has 7 heteroatoms. The lowest BCUT2D eigenvalue weighted by atomic mass is 9.81. The van der Waals surface area contributed by atoms with Gasteiger partial charge in [0, 0.05) is 44.8 Å². The summed E-state index contributed by atoms with van der Waals surface area (Å²) in [6, 6.07) is 18.3. The van der Waals surface area contributed by atoms with E-state index in [0.29, 0.717) is 6.42 Å². The number of benzene rings is 2. The van der Waals surface area contributed by atoms with Crippen LogP contribution < -0.4 is 10.1 Å². The highest BCUT2D eigenvalue weighted by atomic mass is 16.5. The zero-order chi connectivity index (χ0) is 25.5. The summed E-state index contributed by atoms with van der Waals surface area (Å²) in [6.45, 7) is 6.80. The largest absolute Gasteiger partial charge is 0.497 e. The molecule has 1 amide bonds. The summed E-state index contributed by atoms with van der Waals surface area (Å²) in [6.07, 6.45) is 2.28. The Morgan fingerprint density at radius 2 is 1.67 bits per heavy atom. The van der Waals surface area contributed by atoms with Crippen LogP contribution in [0.3, 0.4) is 0 Å². The molecule has 7 nitrogen and oxygen atoms in total. The van der Waals surface area contributed by atoms with Gasteiger partial charge >= 0.3 is 5.97 Å². The Balaban J connectivity index is 1.40. The molecule has 4 unspecified atom stereocenters. The van der Waals surface area contributed by atoms with Crippen molar-refractivity contribution in [2.24, 2.45) is 5.92 Å². The van der Waals surface area contributed by atoms with Gasteiger partial charge in [0.1, 0.15) is 5.75 Å². The fourth-order valence-electron chi connectivity index (χ4n) is 5.57. The number of amides is 1. The minimum absolute atomic E-state index is 0.0107. The van der Waals surface area contributed by atoms with Gasteiger partial charge in [-0.1, -0.05) is 42.5 Å². The van der Waals surface area contributed by atoms with Gasteiger partial charge in [0.2, 0.25) is 5.91 Å². The summed E-state index contributed by atoms with van der Waals surface area (Å²) in [4.78, 5) is 30.7. The number of carbonyl (C=O) groups is 2. The Bertz CT molecular complexity index is 989. The Morgan fingerprint density at radius 1 is 0.972 bits per heavy atom. The first-order chi connectivity index (χ1) is 17.5. The Labute approximate surface area is 214 Å². The van der Waals surface area contributed by atoms with Crippen molar-refractivity contribution in [1.29, 1.82) is 0 Å². The molecule has 1 aliphatic heterocycles. The summed E-state index contributed by atoms with van der Waals surface area (Å²) in [5.41, 5.74) is 2.28. The van der Waals surface area contributed by atoms with Gasteiger partial charge in [-0.05, 0) is 49.4 Å². The molecule has 0 bridgehead atoms. The average Bonchev–Trinajstić information content (AvgIpc) is 2.93. The second kappa shape index (κ2) is 12.4. The number of carbonyl (C=O) groups excluding carboxylic acids is 2. The summed E-state index contributed by atoms with van der Waals surface area (Å²) in [5.74, 6) is 0.114. The number of hydrogen-bond acceptors (Lipinski definition) is 6. The van der Waals surface area contributed by atoms with Gasteiger partial charge in [-0.3, -0.25) is 19.4 Å². The van der Waals surface area contributed by atoms with E-state index in [1.807, 2.05) is 31.2 Å². The minimum Gasteiger partial charge on any atom is -0.497 e. The van der Waals surface area contributed by atoms with Gasteiger partial charge < -0.3 is 14.8 Å². The summed E-state index contributed by atoms with van der Waals surface area (Å²) < 4.78 is 10.3. The van der Waals surface area contributed by atoms with E-state index < -0.39 is 0 Å². The highest BCUT2D eigenvalue weighted by molar-refractivity contribution is 5.83. The second-order valence-corrected chi connectivity index (χ2v) is 10.0. The van der Waals surface area contributed by atoms with Crippen molar-refractivity contribution in [3.05, 3.63) is 65.7 Å². The standard InChI is InChI=1S/C29H39N3O4/c1-21(23-9-12-25(35-2)13-10-23)28(33)30-26-19-24(29(34)36-3)11-14-27(26)32-17-15-31(16-18-32)20-22-7-5-4-6-8-22/h4-10,12-13,21,24,26-27H,11,14-20H2,1-3H3,(H,30,33). The first kappa shape index (κ1) is 26.2. The van der Waals surface area contributed by atoms with Crippen molar-refractivity contribution in [3.63, 3.8) is 0 Å². The predicted molar refractivity (Wildman–Crippen MR) is 140 cm³/mol. The van der Waals surface area contributed by atoms with Crippen molar-refractivity contribution < 1.29 is 19.1 Å². The SMILES string of the molecule is COC(=O)C1CCC(N2CCN(Cc3ccccc3)CC2)C(NC(=O)C(C)c2ccc(OC)cc2)C1. The van der Waals surface area contributed by atoms with E-state index in [2.05, 4.69) is 45.4 Å². The highest BCUT2D eigenvalue weighted by Crippen LogP contribution is 2.31. The molecule has 2 fully saturated rings. The van der Waals surface area contributed by atoms with Crippen molar-refractivity contribution in [1.82, 2.24) is 15.1 Å². The van der Waals surface area contributed by atoms with Gasteiger partial charge in [0.05, 0.1) is 26.1 Å². The molecule has 2 aliphatic rings. The maximum Gasteiger partial charge on any atom is 0.308 e. The molecule has 36 heavy (non-hydrogen) atoms. The fourth-order valence-corrected chi connectivity index (χ4v) is 5.57. The molecule has 0 aromatic heterocycles. The number of piperazine rings is 1. The van der Waals surface area contributed by atoms with Gasteiger partial charge in [-0.15, -0.1) is 0 Å². The van der Waals surface area contributed by atoms with E-state index in [9.17, 15) is 9.59 Å². The van der Waals surface area contributed by atoms with Crippen LogP contribution >= 0.6 is 0 Å². The average molecular weight is 494 g/mol. The molecular formula is C29H39N3O4. The molecule has 4 atom stereocenters. The Kier molecular flexibility index (Phi) is 8.99. The number of hydrogen-bond donors (Lipinski definition) is 1. The van der Waals surface area contributed by atoms with Crippen LogP contribution in [0, 0.1) is 5.92 Å². The van der Waals surface area contributed by atoms with E-state index in [4.69, 9.17) is 9.47 Å². The van der Waals surface area contributed by atoms with Gasteiger partial charge in [-0.2, -0.15) is 0 Å². The topological polar surface area (TPSA) is 71.1 Å². The lowest BCUT2D eigenvalue weighted by molar-refractivity contribution is -0.148. The molecule has 1 saturated carbocycles. The third kappa shape index (κ3) is 6.45. The van der Waals surface area contributed by atoms with Crippen LogP contribution in [0.25, 0.3) is 0 Å². The number of methoxy groups -OCH3 is 2. The fraction of sp³-hybridized carbons (Fsp3) is 0.517. The van der Waals surface area contributed by atoms with Gasteiger partial charge in [0.15, 0.2) is 0 Å².